The van der Waals surface area contributed by atoms with E-state index in [9.17, 15) is 27.9 Å². The summed E-state index contributed by atoms with van der Waals surface area (Å²) in [6.07, 6.45) is 1.80. The number of rotatable bonds is 7. The van der Waals surface area contributed by atoms with Crippen molar-refractivity contribution in [3.05, 3.63) is 47.2 Å². The zero-order chi connectivity index (χ0) is 26.3. The van der Waals surface area contributed by atoms with Crippen molar-refractivity contribution in [2.75, 3.05) is 26.2 Å². The molecule has 11 nitrogen and oxygen atoms in total. The van der Waals surface area contributed by atoms with Crippen molar-refractivity contribution in [3.63, 3.8) is 0 Å². The lowest BCUT2D eigenvalue weighted by Gasteiger charge is -2.27. The second-order valence-corrected chi connectivity index (χ2v) is 11.5. The molecule has 0 aliphatic carbocycles. The summed E-state index contributed by atoms with van der Waals surface area (Å²) < 4.78 is 38.1. The third kappa shape index (κ3) is 4.88. The first-order valence-corrected chi connectivity index (χ1v) is 13.7. The second-order valence-electron chi connectivity index (χ2n) is 9.62. The smallest absolute Gasteiger partial charge is 0.276 e. The fraction of sp³-hybridized carbons (Fsp3) is 0.480. The molecule has 3 aliphatic rings. The third-order valence-corrected chi connectivity index (χ3v) is 8.93. The maximum atomic E-state index is 13.6. The number of carbonyl (C=O) groups is 3. The van der Waals surface area contributed by atoms with Crippen LogP contribution in [-0.4, -0.2) is 84.8 Å². The fourth-order valence-corrected chi connectivity index (χ4v) is 6.70. The number of aryl methyl sites for hydroxylation is 1. The normalized spacial score (nSPS) is 22.8. The van der Waals surface area contributed by atoms with E-state index >= 15 is 0 Å². The van der Waals surface area contributed by atoms with Gasteiger partial charge in [0.1, 0.15) is 30.2 Å². The van der Waals surface area contributed by atoms with E-state index in [0.717, 1.165) is 12.8 Å². The first-order chi connectivity index (χ1) is 17.6. The summed E-state index contributed by atoms with van der Waals surface area (Å²) in [5, 5.41) is 12.0. The Bertz CT molecular complexity index is 1310. The first-order valence-electron chi connectivity index (χ1n) is 12.3. The average molecular weight is 532 g/mol. The fourth-order valence-electron chi connectivity index (χ4n) is 5.21. The maximum absolute atomic E-state index is 13.6. The molecule has 0 bridgehead atoms. The number of ketones is 1. The molecule has 5 rings (SSSR count). The Morgan fingerprint density at radius 1 is 1.16 bits per heavy atom. The summed E-state index contributed by atoms with van der Waals surface area (Å²) in [5.74, 6) is -1.09. The van der Waals surface area contributed by atoms with Crippen LogP contribution in [0, 0.1) is 6.92 Å². The molecule has 3 aliphatic heterocycles. The molecule has 4 heterocycles. The largest absolute Gasteiger partial charge is 0.508 e. The molecular formula is C25H29N3O8S. The van der Waals surface area contributed by atoms with Crippen molar-refractivity contribution in [3.8, 4) is 5.75 Å². The molecular weight excluding hydrogens is 502 g/mol. The molecule has 1 aromatic carbocycles. The van der Waals surface area contributed by atoms with E-state index < -0.39 is 33.9 Å². The van der Waals surface area contributed by atoms with Crippen molar-refractivity contribution in [1.29, 1.82) is 0 Å². The number of nitrogens with zero attached hydrogens (tertiary/aromatic N) is 2. The van der Waals surface area contributed by atoms with Gasteiger partial charge in [-0.1, -0.05) is 12.1 Å². The van der Waals surface area contributed by atoms with Crippen molar-refractivity contribution in [2.24, 2.45) is 0 Å². The van der Waals surface area contributed by atoms with Crippen LogP contribution in [0.15, 0.2) is 39.8 Å². The van der Waals surface area contributed by atoms with Gasteiger partial charge in [-0.05, 0) is 43.9 Å². The van der Waals surface area contributed by atoms with Gasteiger partial charge in [0.15, 0.2) is 5.78 Å². The monoisotopic (exact) mass is 531 g/mol. The van der Waals surface area contributed by atoms with Crippen LogP contribution in [-0.2, 0) is 30.8 Å². The number of aromatic hydroxyl groups is 1. The molecule has 1 aromatic heterocycles. The summed E-state index contributed by atoms with van der Waals surface area (Å²) in [6, 6.07) is 5.71. The number of hydrogen-bond acceptors (Lipinski definition) is 8. The van der Waals surface area contributed by atoms with Crippen LogP contribution in [0.2, 0.25) is 0 Å². The second kappa shape index (κ2) is 9.92. The van der Waals surface area contributed by atoms with Gasteiger partial charge >= 0.3 is 0 Å². The van der Waals surface area contributed by atoms with Gasteiger partial charge in [-0.3, -0.25) is 14.4 Å². The molecule has 2 aromatic rings. The quantitative estimate of drug-likeness (QED) is 0.538. The number of fused-ring (bicyclic) bond motifs is 1. The lowest BCUT2D eigenvalue weighted by molar-refractivity contribution is -0.138. The van der Waals surface area contributed by atoms with Gasteiger partial charge in [-0.25, -0.2) is 8.42 Å². The van der Waals surface area contributed by atoms with Crippen LogP contribution in [0.4, 0.5) is 0 Å². The summed E-state index contributed by atoms with van der Waals surface area (Å²) in [6.45, 7) is 2.57. The van der Waals surface area contributed by atoms with Crippen molar-refractivity contribution in [2.45, 2.75) is 55.9 Å². The van der Waals surface area contributed by atoms with Crippen LogP contribution in [0.5, 0.6) is 5.75 Å². The van der Waals surface area contributed by atoms with E-state index in [0.29, 0.717) is 31.6 Å². The van der Waals surface area contributed by atoms with Crippen molar-refractivity contribution in [1.82, 2.24) is 14.5 Å². The molecule has 3 unspecified atom stereocenters. The predicted octanol–water partition coefficient (Wildman–Crippen LogP) is 0.988. The Hall–Kier alpha value is -3.22. The summed E-state index contributed by atoms with van der Waals surface area (Å²) in [7, 11) is -3.86. The highest BCUT2D eigenvalue weighted by molar-refractivity contribution is 7.89. The molecule has 198 valence electrons. The van der Waals surface area contributed by atoms with Crippen LogP contribution < -0.4 is 5.32 Å². The highest BCUT2D eigenvalue weighted by Crippen LogP contribution is 2.29. The standard InChI is InChI=1S/C25H29N3O8S/c1-15-18(13-22(36-15)37(33,34)27-9-2-3-10-27)24(31)26-19(12-16-4-6-17(29)7-5-16)25(32)28-11-8-21-23(28)20(30)14-35-21/h4-7,13,19,21,23,29H,2-3,8-12,14H2,1H3,(H,26,31). The van der Waals surface area contributed by atoms with Gasteiger partial charge in [-0.15, -0.1) is 0 Å². The molecule has 0 radical (unpaired) electrons. The van der Waals surface area contributed by atoms with Crippen LogP contribution >= 0.6 is 0 Å². The number of Topliss-reactive ketones (excluding diaryl/α,β-unsaturated/α-hetero) is 1. The van der Waals surface area contributed by atoms with E-state index in [1.54, 1.807) is 12.1 Å². The SMILES string of the molecule is Cc1oc(S(=O)(=O)N2CCCC2)cc1C(=O)NC(Cc1ccc(O)cc1)C(=O)N1CCC2OCC(=O)C21. The lowest BCUT2D eigenvalue weighted by Crippen LogP contribution is -2.53. The molecule has 12 heteroatoms. The number of ether oxygens (including phenoxy) is 1. The van der Waals surface area contributed by atoms with Gasteiger partial charge in [0.25, 0.3) is 15.9 Å². The number of benzene rings is 1. The number of nitrogens with one attached hydrogen (secondary N) is 1. The maximum Gasteiger partial charge on any atom is 0.276 e. The van der Waals surface area contributed by atoms with Crippen LogP contribution in [0.1, 0.15) is 40.9 Å². The summed E-state index contributed by atoms with van der Waals surface area (Å²) in [4.78, 5) is 40.8. The van der Waals surface area contributed by atoms with Crippen LogP contribution in [0.25, 0.3) is 0 Å². The molecule has 3 fully saturated rings. The third-order valence-electron chi connectivity index (χ3n) is 7.17. The predicted molar refractivity (Wildman–Crippen MR) is 129 cm³/mol. The number of phenols is 1. The Morgan fingerprint density at radius 3 is 2.57 bits per heavy atom. The number of hydrogen-bond donors (Lipinski definition) is 2. The number of phenolic OH excluding ortho intramolecular Hbond substituents is 1. The van der Waals surface area contributed by atoms with Gasteiger partial charge in [0.2, 0.25) is 11.0 Å². The number of carbonyl (C=O) groups excluding carboxylic acids is 3. The summed E-state index contributed by atoms with van der Waals surface area (Å²) in [5.41, 5.74) is 0.697. The van der Waals surface area contributed by atoms with E-state index in [1.165, 1.54) is 34.3 Å². The minimum atomic E-state index is -3.86. The number of sulfonamides is 1. The Labute approximate surface area is 214 Å². The highest BCUT2D eigenvalue weighted by Gasteiger charge is 2.48. The molecule has 3 atom stereocenters. The lowest BCUT2D eigenvalue weighted by atomic mass is 10.0. The Kier molecular flexibility index (Phi) is 6.82. The van der Waals surface area contributed by atoms with Gasteiger partial charge in [0, 0.05) is 32.1 Å². The molecule has 3 saturated heterocycles. The number of likely N-dealkylation sites (tertiary alicyclic amines) is 1. The van der Waals surface area contributed by atoms with E-state index in [2.05, 4.69) is 5.32 Å². The van der Waals surface area contributed by atoms with Gasteiger partial charge in [0.05, 0.1) is 11.7 Å². The number of amides is 2. The average Bonchev–Trinajstić information content (AvgIpc) is 3.66. The minimum Gasteiger partial charge on any atom is -0.508 e. The molecule has 0 saturated carbocycles. The molecule has 2 amide bonds. The van der Waals surface area contributed by atoms with E-state index in [1.807, 2.05) is 0 Å². The summed E-state index contributed by atoms with van der Waals surface area (Å²) >= 11 is 0. The van der Waals surface area contributed by atoms with Crippen molar-refractivity contribution >= 4 is 27.6 Å². The minimum absolute atomic E-state index is 0.0147. The first kappa shape index (κ1) is 25.4. The van der Waals surface area contributed by atoms with Crippen molar-refractivity contribution < 1.29 is 37.1 Å². The Morgan fingerprint density at radius 2 is 1.86 bits per heavy atom. The van der Waals surface area contributed by atoms with E-state index in [-0.39, 0.29) is 47.1 Å². The zero-order valence-electron chi connectivity index (χ0n) is 20.4. The molecule has 2 N–H and O–H groups in total. The van der Waals surface area contributed by atoms with Gasteiger partial charge in [-0.2, -0.15) is 4.31 Å². The van der Waals surface area contributed by atoms with Gasteiger partial charge < -0.3 is 24.5 Å². The van der Waals surface area contributed by atoms with Crippen LogP contribution in [0.3, 0.4) is 0 Å². The highest BCUT2D eigenvalue weighted by atomic mass is 32.2. The molecule has 37 heavy (non-hydrogen) atoms. The Balaban J connectivity index is 1.39. The number of furan rings is 1. The van der Waals surface area contributed by atoms with E-state index in [4.69, 9.17) is 9.15 Å². The zero-order valence-corrected chi connectivity index (χ0v) is 21.2. The topological polar surface area (TPSA) is 146 Å². The molecule has 0 spiro atoms.